The van der Waals surface area contributed by atoms with Crippen molar-refractivity contribution in [1.29, 1.82) is 0 Å². The zero-order valence-corrected chi connectivity index (χ0v) is 14.4. The van der Waals surface area contributed by atoms with E-state index in [1.54, 1.807) is 18.3 Å². The Kier molecular flexibility index (Phi) is 5.35. The number of ether oxygens (including phenoxy) is 1. The molecule has 1 aliphatic rings. The molecule has 1 amide bonds. The van der Waals surface area contributed by atoms with Crippen LogP contribution in [0.2, 0.25) is 5.02 Å². The first-order valence-corrected chi connectivity index (χ1v) is 8.64. The molecular weight excluding hydrogens is 328 g/mol. The molecule has 0 bridgehead atoms. The van der Waals surface area contributed by atoms with Crippen LogP contribution in [-0.4, -0.2) is 44.8 Å². The second-order valence-corrected chi connectivity index (χ2v) is 6.20. The minimum Gasteiger partial charge on any atom is -0.478 e. The summed E-state index contributed by atoms with van der Waals surface area (Å²) in [5.74, 6) is 0.282. The van der Waals surface area contributed by atoms with Gasteiger partial charge >= 0.3 is 0 Å². The number of halogens is 1. The van der Waals surface area contributed by atoms with Crippen molar-refractivity contribution >= 4 is 17.5 Å². The van der Waals surface area contributed by atoms with Crippen molar-refractivity contribution in [1.82, 2.24) is 19.7 Å². The van der Waals surface area contributed by atoms with Crippen molar-refractivity contribution in [3.8, 4) is 5.88 Å². The number of rotatable bonds is 5. The van der Waals surface area contributed by atoms with Crippen LogP contribution >= 0.6 is 11.6 Å². The van der Waals surface area contributed by atoms with E-state index < -0.39 is 0 Å². The van der Waals surface area contributed by atoms with Gasteiger partial charge in [0.1, 0.15) is 0 Å². The van der Waals surface area contributed by atoms with Gasteiger partial charge in [-0.3, -0.25) is 9.48 Å². The Labute approximate surface area is 146 Å². The van der Waals surface area contributed by atoms with E-state index in [0.717, 1.165) is 19.3 Å². The summed E-state index contributed by atoms with van der Waals surface area (Å²) < 4.78 is 7.26. The summed E-state index contributed by atoms with van der Waals surface area (Å²) >= 11 is 6.22. The second kappa shape index (κ2) is 7.66. The fraction of sp³-hybridized carbons (Fsp3) is 0.471. The average Bonchev–Trinajstić information content (AvgIpc) is 3.10. The highest BCUT2D eigenvalue weighted by atomic mass is 35.5. The van der Waals surface area contributed by atoms with Gasteiger partial charge < -0.3 is 9.64 Å². The van der Waals surface area contributed by atoms with E-state index in [2.05, 4.69) is 10.1 Å². The van der Waals surface area contributed by atoms with E-state index in [1.807, 2.05) is 28.8 Å². The SMILES string of the molecule is CCOc1ccc(Cl)c(C(=O)N2CCCC[C@@H]2Cn2cccn2)n1. The van der Waals surface area contributed by atoms with Gasteiger partial charge in [-0.1, -0.05) is 11.6 Å². The smallest absolute Gasteiger partial charge is 0.274 e. The second-order valence-electron chi connectivity index (χ2n) is 5.79. The minimum atomic E-state index is -0.140. The van der Waals surface area contributed by atoms with Crippen LogP contribution in [0.1, 0.15) is 36.7 Å². The van der Waals surface area contributed by atoms with Gasteiger partial charge in [0.25, 0.3) is 5.91 Å². The topological polar surface area (TPSA) is 60.2 Å². The number of piperidine rings is 1. The average molecular weight is 349 g/mol. The highest BCUT2D eigenvalue weighted by Gasteiger charge is 2.30. The standard InChI is InChI=1S/C17H21ClN4O2/c1-2-24-15-8-7-14(18)16(20-15)17(23)22-11-4-3-6-13(22)12-21-10-5-9-19-21/h5,7-10,13H,2-4,6,11-12H2,1H3/t13-/m1/s1. The third-order valence-corrected chi connectivity index (χ3v) is 4.47. The number of amides is 1. The van der Waals surface area contributed by atoms with Gasteiger partial charge in [0.15, 0.2) is 5.69 Å². The Bertz CT molecular complexity index is 690. The maximum absolute atomic E-state index is 13.0. The normalized spacial score (nSPS) is 17.8. The van der Waals surface area contributed by atoms with E-state index in [4.69, 9.17) is 16.3 Å². The third kappa shape index (κ3) is 3.70. The summed E-state index contributed by atoms with van der Waals surface area (Å²) in [5, 5.41) is 4.60. The minimum absolute atomic E-state index is 0.0970. The predicted octanol–water partition coefficient (Wildman–Crippen LogP) is 3.03. The van der Waals surface area contributed by atoms with Crippen molar-refractivity contribution in [2.75, 3.05) is 13.2 Å². The molecule has 0 saturated carbocycles. The monoisotopic (exact) mass is 348 g/mol. The summed E-state index contributed by atoms with van der Waals surface area (Å²) in [7, 11) is 0. The Morgan fingerprint density at radius 3 is 3.04 bits per heavy atom. The van der Waals surface area contributed by atoms with Crippen LogP contribution in [0.3, 0.4) is 0 Å². The van der Waals surface area contributed by atoms with Gasteiger partial charge in [-0.2, -0.15) is 5.10 Å². The quantitative estimate of drug-likeness (QED) is 0.833. The van der Waals surface area contributed by atoms with Gasteiger partial charge in [0.2, 0.25) is 5.88 Å². The maximum atomic E-state index is 13.0. The molecule has 0 radical (unpaired) electrons. The molecule has 0 aliphatic carbocycles. The molecule has 0 N–H and O–H groups in total. The van der Waals surface area contributed by atoms with E-state index >= 15 is 0 Å². The zero-order valence-electron chi connectivity index (χ0n) is 13.7. The number of likely N-dealkylation sites (tertiary alicyclic amines) is 1. The van der Waals surface area contributed by atoms with Crippen LogP contribution in [0.5, 0.6) is 5.88 Å². The molecule has 1 atom stereocenters. The van der Waals surface area contributed by atoms with E-state index in [-0.39, 0.29) is 17.6 Å². The third-order valence-electron chi connectivity index (χ3n) is 4.16. The Hall–Kier alpha value is -2.08. The first-order chi connectivity index (χ1) is 11.7. The van der Waals surface area contributed by atoms with Gasteiger partial charge in [0, 0.05) is 25.0 Å². The summed E-state index contributed by atoms with van der Waals surface area (Å²) in [6, 6.07) is 5.33. The number of pyridine rings is 1. The van der Waals surface area contributed by atoms with Crippen LogP contribution in [0.4, 0.5) is 0 Å². The Morgan fingerprint density at radius 1 is 1.42 bits per heavy atom. The highest BCUT2D eigenvalue weighted by molar-refractivity contribution is 6.33. The number of carbonyl (C=O) groups is 1. The highest BCUT2D eigenvalue weighted by Crippen LogP contribution is 2.25. The summed E-state index contributed by atoms with van der Waals surface area (Å²) in [6.07, 6.45) is 6.71. The fourth-order valence-electron chi connectivity index (χ4n) is 3.02. The number of hydrogen-bond donors (Lipinski definition) is 0. The molecule has 2 aromatic heterocycles. The summed E-state index contributed by atoms with van der Waals surface area (Å²) in [5.41, 5.74) is 0.259. The van der Waals surface area contributed by atoms with Crippen molar-refractivity contribution in [3.63, 3.8) is 0 Å². The number of carbonyl (C=O) groups excluding carboxylic acids is 1. The fourth-order valence-corrected chi connectivity index (χ4v) is 3.21. The van der Waals surface area contributed by atoms with Crippen molar-refractivity contribution in [2.45, 2.75) is 38.8 Å². The zero-order chi connectivity index (χ0) is 16.9. The predicted molar refractivity (Wildman–Crippen MR) is 91.3 cm³/mol. The molecule has 3 rings (SSSR count). The molecule has 2 aromatic rings. The largest absolute Gasteiger partial charge is 0.478 e. The van der Waals surface area contributed by atoms with Crippen molar-refractivity contribution < 1.29 is 9.53 Å². The Morgan fingerprint density at radius 2 is 2.29 bits per heavy atom. The van der Waals surface area contributed by atoms with E-state index in [9.17, 15) is 4.79 Å². The molecular formula is C17H21ClN4O2. The number of hydrogen-bond acceptors (Lipinski definition) is 4. The van der Waals surface area contributed by atoms with Crippen LogP contribution in [0.15, 0.2) is 30.6 Å². The molecule has 1 fully saturated rings. The first kappa shape index (κ1) is 16.8. The molecule has 7 heteroatoms. The van der Waals surface area contributed by atoms with Crippen molar-refractivity contribution in [2.24, 2.45) is 0 Å². The summed E-state index contributed by atoms with van der Waals surface area (Å²) in [6.45, 7) is 3.76. The molecule has 128 valence electrons. The van der Waals surface area contributed by atoms with Gasteiger partial charge in [0.05, 0.1) is 24.2 Å². The molecule has 6 nitrogen and oxygen atoms in total. The van der Waals surface area contributed by atoms with Gasteiger partial charge in [-0.25, -0.2) is 4.98 Å². The van der Waals surface area contributed by atoms with Crippen LogP contribution in [0.25, 0.3) is 0 Å². The molecule has 1 saturated heterocycles. The summed E-state index contributed by atoms with van der Waals surface area (Å²) in [4.78, 5) is 19.2. The molecule has 1 aliphatic heterocycles. The van der Waals surface area contributed by atoms with Crippen LogP contribution < -0.4 is 4.74 Å². The lowest BCUT2D eigenvalue weighted by atomic mass is 10.0. The first-order valence-electron chi connectivity index (χ1n) is 8.26. The van der Waals surface area contributed by atoms with Crippen LogP contribution in [0, 0.1) is 0 Å². The van der Waals surface area contributed by atoms with Crippen LogP contribution in [-0.2, 0) is 6.54 Å². The molecule has 0 aromatic carbocycles. The number of aromatic nitrogens is 3. The molecule has 0 unspecified atom stereocenters. The van der Waals surface area contributed by atoms with Gasteiger partial charge in [-0.05, 0) is 38.3 Å². The van der Waals surface area contributed by atoms with Crippen molar-refractivity contribution in [3.05, 3.63) is 41.3 Å². The maximum Gasteiger partial charge on any atom is 0.274 e. The number of nitrogens with zero attached hydrogens (tertiary/aromatic N) is 4. The molecule has 24 heavy (non-hydrogen) atoms. The Balaban J connectivity index is 1.82. The molecule has 0 spiro atoms. The van der Waals surface area contributed by atoms with E-state index in [1.165, 1.54) is 0 Å². The molecule has 3 heterocycles. The van der Waals surface area contributed by atoms with E-state index in [0.29, 0.717) is 30.6 Å². The lowest BCUT2D eigenvalue weighted by molar-refractivity contribution is 0.0577. The lowest BCUT2D eigenvalue weighted by Crippen LogP contribution is -2.46. The van der Waals surface area contributed by atoms with Gasteiger partial charge in [-0.15, -0.1) is 0 Å². The lowest BCUT2D eigenvalue weighted by Gasteiger charge is -2.35.